The van der Waals surface area contributed by atoms with Gasteiger partial charge in [-0.1, -0.05) is 26.0 Å². The Balaban J connectivity index is 2.81. The van der Waals surface area contributed by atoms with Crippen LogP contribution < -0.4 is 16.9 Å². The zero-order valence-corrected chi connectivity index (χ0v) is 10.2. The summed E-state index contributed by atoms with van der Waals surface area (Å²) < 4.78 is 0. The van der Waals surface area contributed by atoms with Crippen LogP contribution in [-0.4, -0.2) is 11.3 Å². The molecule has 0 aliphatic heterocycles. The molecule has 1 rings (SSSR count). The number of nitrogens with two attached hydrogens (primary N) is 2. The van der Waals surface area contributed by atoms with Crippen molar-refractivity contribution in [2.45, 2.75) is 19.8 Å². The summed E-state index contributed by atoms with van der Waals surface area (Å²) in [5, 5.41) is 4.00. The van der Waals surface area contributed by atoms with Gasteiger partial charge in [0.15, 0.2) is 5.11 Å². The second kappa shape index (κ2) is 5.46. The fourth-order valence-electron chi connectivity index (χ4n) is 1.37. The van der Waals surface area contributed by atoms with Crippen molar-refractivity contribution in [3.63, 3.8) is 0 Å². The SMILES string of the molecule is CC(C)c1ccc(/C=N\NC(N)=S)cc1N. The molecule has 5 heteroatoms. The van der Waals surface area contributed by atoms with Gasteiger partial charge in [-0.05, 0) is 35.3 Å². The van der Waals surface area contributed by atoms with Crippen molar-refractivity contribution < 1.29 is 0 Å². The molecule has 0 heterocycles. The molecule has 5 N–H and O–H groups in total. The Hall–Kier alpha value is -1.62. The Morgan fingerprint density at radius 3 is 2.69 bits per heavy atom. The molecule has 16 heavy (non-hydrogen) atoms. The molecule has 0 bridgehead atoms. The molecule has 0 unspecified atom stereocenters. The van der Waals surface area contributed by atoms with Gasteiger partial charge >= 0.3 is 0 Å². The lowest BCUT2D eigenvalue weighted by atomic mass is 10.00. The van der Waals surface area contributed by atoms with Crippen LogP contribution in [0.2, 0.25) is 0 Å². The summed E-state index contributed by atoms with van der Waals surface area (Å²) >= 11 is 4.62. The average molecular weight is 236 g/mol. The fraction of sp³-hybridized carbons (Fsp3) is 0.273. The first kappa shape index (κ1) is 12.4. The number of rotatable bonds is 3. The lowest BCUT2D eigenvalue weighted by Crippen LogP contribution is -2.23. The van der Waals surface area contributed by atoms with E-state index in [1.54, 1.807) is 6.21 Å². The second-order valence-corrected chi connectivity index (χ2v) is 4.22. The van der Waals surface area contributed by atoms with Gasteiger partial charge < -0.3 is 11.5 Å². The summed E-state index contributed by atoms with van der Waals surface area (Å²) in [6.07, 6.45) is 1.62. The molecule has 0 spiro atoms. The third-order valence-corrected chi connectivity index (χ3v) is 2.21. The van der Waals surface area contributed by atoms with Crippen molar-refractivity contribution in [1.29, 1.82) is 0 Å². The van der Waals surface area contributed by atoms with Crippen LogP contribution >= 0.6 is 12.2 Å². The number of thiocarbonyl (C=S) groups is 1. The van der Waals surface area contributed by atoms with Gasteiger partial charge in [-0.15, -0.1) is 0 Å². The van der Waals surface area contributed by atoms with E-state index < -0.39 is 0 Å². The second-order valence-electron chi connectivity index (χ2n) is 3.78. The van der Waals surface area contributed by atoms with E-state index in [-0.39, 0.29) is 5.11 Å². The average Bonchev–Trinajstić information content (AvgIpc) is 2.16. The first-order valence-corrected chi connectivity index (χ1v) is 5.39. The molecular weight excluding hydrogens is 220 g/mol. The number of anilines is 1. The largest absolute Gasteiger partial charge is 0.398 e. The summed E-state index contributed by atoms with van der Waals surface area (Å²) in [6, 6.07) is 5.83. The van der Waals surface area contributed by atoms with Crippen LogP contribution in [0, 0.1) is 0 Å². The van der Waals surface area contributed by atoms with Crippen molar-refractivity contribution >= 4 is 29.2 Å². The molecule has 4 nitrogen and oxygen atoms in total. The van der Waals surface area contributed by atoms with Crippen molar-refractivity contribution in [3.8, 4) is 0 Å². The predicted octanol–water partition coefficient (Wildman–Crippen LogP) is 1.56. The van der Waals surface area contributed by atoms with Crippen molar-refractivity contribution in [2.75, 3.05) is 5.73 Å². The van der Waals surface area contributed by atoms with Crippen LogP contribution in [0.4, 0.5) is 5.69 Å². The highest BCUT2D eigenvalue weighted by atomic mass is 32.1. The van der Waals surface area contributed by atoms with Crippen LogP contribution in [-0.2, 0) is 0 Å². The van der Waals surface area contributed by atoms with Crippen LogP contribution in [0.3, 0.4) is 0 Å². The highest BCUT2D eigenvalue weighted by Crippen LogP contribution is 2.21. The molecule has 86 valence electrons. The number of nitrogens with one attached hydrogen (secondary N) is 1. The maximum absolute atomic E-state index is 5.92. The monoisotopic (exact) mass is 236 g/mol. The van der Waals surface area contributed by atoms with Crippen molar-refractivity contribution in [1.82, 2.24) is 5.43 Å². The first-order chi connectivity index (χ1) is 7.50. The molecule has 0 fully saturated rings. The number of hydrazone groups is 1. The van der Waals surface area contributed by atoms with Gasteiger partial charge in [0.2, 0.25) is 0 Å². The molecule has 0 amide bonds. The molecule has 0 atom stereocenters. The van der Waals surface area contributed by atoms with E-state index in [4.69, 9.17) is 11.5 Å². The van der Waals surface area contributed by atoms with Gasteiger partial charge in [-0.3, -0.25) is 5.43 Å². The lowest BCUT2D eigenvalue weighted by molar-refractivity contribution is 0.870. The number of hydrogen-bond donors (Lipinski definition) is 3. The summed E-state index contributed by atoms with van der Waals surface area (Å²) in [4.78, 5) is 0. The van der Waals surface area contributed by atoms with E-state index in [0.29, 0.717) is 5.92 Å². The highest BCUT2D eigenvalue weighted by Gasteiger charge is 2.03. The number of benzene rings is 1. The van der Waals surface area contributed by atoms with Gasteiger partial charge in [0.25, 0.3) is 0 Å². The molecule has 0 aliphatic rings. The molecule has 0 aliphatic carbocycles. The van der Waals surface area contributed by atoms with Crippen LogP contribution in [0.5, 0.6) is 0 Å². The molecule has 0 radical (unpaired) electrons. The number of nitrogen functional groups attached to an aromatic ring is 1. The molecule has 1 aromatic carbocycles. The van der Waals surface area contributed by atoms with Crippen molar-refractivity contribution in [2.24, 2.45) is 10.8 Å². The molecule has 1 aromatic rings. The highest BCUT2D eigenvalue weighted by molar-refractivity contribution is 7.80. The van der Waals surface area contributed by atoms with Crippen molar-refractivity contribution in [3.05, 3.63) is 29.3 Å². The third-order valence-electron chi connectivity index (χ3n) is 2.12. The maximum atomic E-state index is 5.92. The van der Waals surface area contributed by atoms with Crippen LogP contribution in [0.15, 0.2) is 23.3 Å². The lowest BCUT2D eigenvalue weighted by Gasteiger charge is -2.09. The van der Waals surface area contributed by atoms with E-state index >= 15 is 0 Å². The quantitative estimate of drug-likeness (QED) is 0.322. The summed E-state index contributed by atoms with van der Waals surface area (Å²) in [5.41, 5.74) is 16.5. The molecule has 0 aromatic heterocycles. The Bertz CT molecular complexity index is 412. The zero-order chi connectivity index (χ0) is 12.1. The van der Waals surface area contributed by atoms with E-state index in [2.05, 4.69) is 36.6 Å². The van der Waals surface area contributed by atoms with Crippen LogP contribution in [0.25, 0.3) is 0 Å². The smallest absolute Gasteiger partial charge is 0.184 e. The predicted molar refractivity (Wildman–Crippen MR) is 72.5 cm³/mol. The molecule has 0 saturated carbocycles. The van der Waals surface area contributed by atoms with Gasteiger partial charge in [-0.25, -0.2) is 0 Å². The summed E-state index contributed by atoms with van der Waals surface area (Å²) in [5.74, 6) is 0.417. The number of hydrogen-bond acceptors (Lipinski definition) is 3. The van der Waals surface area contributed by atoms with Gasteiger partial charge in [-0.2, -0.15) is 5.10 Å². The Morgan fingerprint density at radius 2 is 2.19 bits per heavy atom. The first-order valence-electron chi connectivity index (χ1n) is 4.98. The van der Waals surface area contributed by atoms with Crippen LogP contribution in [0.1, 0.15) is 30.9 Å². The zero-order valence-electron chi connectivity index (χ0n) is 9.40. The minimum absolute atomic E-state index is 0.142. The topological polar surface area (TPSA) is 76.4 Å². The van der Waals surface area contributed by atoms with E-state index in [1.165, 1.54) is 0 Å². The van der Waals surface area contributed by atoms with Gasteiger partial charge in [0.1, 0.15) is 0 Å². The van der Waals surface area contributed by atoms with E-state index in [1.807, 2.05) is 18.2 Å². The Morgan fingerprint density at radius 1 is 1.50 bits per heavy atom. The van der Waals surface area contributed by atoms with E-state index in [0.717, 1.165) is 16.8 Å². The maximum Gasteiger partial charge on any atom is 0.184 e. The Kier molecular flexibility index (Phi) is 4.25. The fourth-order valence-corrected chi connectivity index (χ4v) is 1.42. The molecular formula is C11H16N4S. The van der Waals surface area contributed by atoms with Gasteiger partial charge in [0, 0.05) is 5.69 Å². The minimum atomic E-state index is 0.142. The number of nitrogens with zero attached hydrogens (tertiary/aromatic N) is 1. The Labute approximate surface area is 101 Å². The molecule has 0 saturated heterocycles. The third kappa shape index (κ3) is 3.51. The van der Waals surface area contributed by atoms with Gasteiger partial charge in [0.05, 0.1) is 6.21 Å². The standard InChI is InChI=1S/C11H16N4S/c1-7(2)9-4-3-8(5-10(9)12)6-14-15-11(13)16/h3-7H,12H2,1-2H3,(H3,13,15,16)/b14-6-. The van der Waals surface area contributed by atoms with E-state index in [9.17, 15) is 0 Å². The minimum Gasteiger partial charge on any atom is -0.398 e. The summed E-state index contributed by atoms with van der Waals surface area (Å²) in [7, 11) is 0. The summed E-state index contributed by atoms with van der Waals surface area (Å²) in [6.45, 7) is 4.21. The normalized spacial score (nSPS) is 10.9.